The SMILES string of the molecule is CSC(C)CNc1ccc2c(n1)CCC2. The molecule has 2 nitrogen and oxygen atoms in total. The predicted octanol–water partition coefficient (Wildman–Crippen LogP) is 2.73. The predicted molar refractivity (Wildman–Crippen MR) is 67.7 cm³/mol. The second kappa shape index (κ2) is 4.88. The number of aromatic nitrogens is 1. The summed E-state index contributed by atoms with van der Waals surface area (Å²) >= 11 is 1.88. The fourth-order valence-electron chi connectivity index (χ4n) is 1.85. The van der Waals surface area contributed by atoms with Crippen molar-refractivity contribution in [3.63, 3.8) is 0 Å². The Labute approximate surface area is 95.9 Å². The van der Waals surface area contributed by atoms with Crippen LogP contribution in [0.1, 0.15) is 24.6 Å². The molecule has 2 rings (SSSR count). The van der Waals surface area contributed by atoms with E-state index in [1.165, 1.54) is 24.1 Å². The number of rotatable bonds is 4. The van der Waals surface area contributed by atoms with E-state index in [2.05, 4.69) is 35.6 Å². The van der Waals surface area contributed by atoms with Crippen molar-refractivity contribution in [3.8, 4) is 0 Å². The molecule has 0 fully saturated rings. The Morgan fingerprint density at radius 2 is 2.33 bits per heavy atom. The van der Waals surface area contributed by atoms with Crippen LogP contribution in [0.4, 0.5) is 5.82 Å². The van der Waals surface area contributed by atoms with Crippen LogP contribution in [0, 0.1) is 0 Å². The van der Waals surface area contributed by atoms with Gasteiger partial charge in [-0.25, -0.2) is 4.98 Å². The van der Waals surface area contributed by atoms with Crippen LogP contribution in [-0.4, -0.2) is 23.0 Å². The average molecular weight is 222 g/mol. The van der Waals surface area contributed by atoms with E-state index in [1.807, 2.05) is 11.8 Å². The summed E-state index contributed by atoms with van der Waals surface area (Å²) in [7, 11) is 0. The smallest absolute Gasteiger partial charge is 0.126 e. The lowest BCUT2D eigenvalue weighted by Gasteiger charge is -2.11. The van der Waals surface area contributed by atoms with Crippen molar-refractivity contribution in [2.45, 2.75) is 31.4 Å². The normalized spacial score (nSPS) is 16.1. The van der Waals surface area contributed by atoms with Crippen LogP contribution < -0.4 is 5.32 Å². The Morgan fingerprint density at radius 3 is 3.13 bits per heavy atom. The van der Waals surface area contributed by atoms with Crippen molar-refractivity contribution in [2.24, 2.45) is 0 Å². The average Bonchev–Trinajstić information content (AvgIpc) is 2.72. The molecule has 1 unspecified atom stereocenters. The van der Waals surface area contributed by atoms with E-state index in [0.29, 0.717) is 5.25 Å². The number of nitrogens with zero attached hydrogens (tertiary/aromatic N) is 1. The van der Waals surface area contributed by atoms with Crippen molar-refractivity contribution in [1.82, 2.24) is 4.98 Å². The van der Waals surface area contributed by atoms with Crippen molar-refractivity contribution in [1.29, 1.82) is 0 Å². The third-order valence-corrected chi connectivity index (χ3v) is 3.87. The van der Waals surface area contributed by atoms with Gasteiger partial charge in [0.25, 0.3) is 0 Å². The fourth-order valence-corrected chi connectivity index (χ4v) is 2.10. The lowest BCUT2D eigenvalue weighted by Crippen LogP contribution is -2.13. The van der Waals surface area contributed by atoms with Gasteiger partial charge in [-0.3, -0.25) is 0 Å². The third kappa shape index (κ3) is 2.65. The first kappa shape index (κ1) is 10.8. The number of fused-ring (bicyclic) bond motifs is 1. The molecule has 0 saturated carbocycles. The Kier molecular flexibility index (Phi) is 3.52. The second-order valence-electron chi connectivity index (χ2n) is 4.08. The fraction of sp³-hybridized carbons (Fsp3) is 0.583. The number of nitrogens with one attached hydrogen (secondary N) is 1. The van der Waals surface area contributed by atoms with E-state index in [4.69, 9.17) is 0 Å². The number of aryl methyl sites for hydroxylation is 2. The van der Waals surface area contributed by atoms with Crippen molar-refractivity contribution in [2.75, 3.05) is 18.1 Å². The van der Waals surface area contributed by atoms with E-state index in [0.717, 1.165) is 18.8 Å². The molecule has 1 aliphatic carbocycles. The summed E-state index contributed by atoms with van der Waals surface area (Å²) in [6.07, 6.45) is 5.78. The van der Waals surface area contributed by atoms with Gasteiger partial charge >= 0.3 is 0 Å². The molecule has 0 radical (unpaired) electrons. The van der Waals surface area contributed by atoms with E-state index in [1.54, 1.807) is 0 Å². The molecule has 1 N–H and O–H groups in total. The van der Waals surface area contributed by atoms with Crippen LogP contribution in [0.5, 0.6) is 0 Å². The number of hydrogen-bond acceptors (Lipinski definition) is 3. The minimum absolute atomic E-state index is 0.639. The standard InChI is InChI=1S/C12H18N2S/c1-9(15-2)8-13-12-7-6-10-4-3-5-11(10)14-12/h6-7,9H,3-5,8H2,1-2H3,(H,13,14). The molecule has 1 heterocycles. The van der Waals surface area contributed by atoms with E-state index >= 15 is 0 Å². The molecule has 0 aromatic carbocycles. The lowest BCUT2D eigenvalue weighted by molar-refractivity contribution is 0.898. The molecule has 1 aromatic rings. The van der Waals surface area contributed by atoms with Gasteiger partial charge in [0.2, 0.25) is 0 Å². The number of pyridine rings is 1. The zero-order chi connectivity index (χ0) is 10.7. The largest absolute Gasteiger partial charge is 0.369 e. The highest BCUT2D eigenvalue weighted by Crippen LogP contribution is 2.21. The maximum atomic E-state index is 4.64. The monoisotopic (exact) mass is 222 g/mol. The van der Waals surface area contributed by atoms with Gasteiger partial charge < -0.3 is 5.32 Å². The third-order valence-electron chi connectivity index (χ3n) is 2.90. The lowest BCUT2D eigenvalue weighted by atomic mass is 10.2. The Bertz CT molecular complexity index is 338. The molecular weight excluding hydrogens is 204 g/mol. The van der Waals surface area contributed by atoms with Gasteiger partial charge in [-0.15, -0.1) is 0 Å². The van der Waals surface area contributed by atoms with Gasteiger partial charge in [-0.1, -0.05) is 13.0 Å². The van der Waals surface area contributed by atoms with Gasteiger partial charge in [0.05, 0.1) is 0 Å². The van der Waals surface area contributed by atoms with Gasteiger partial charge in [0.1, 0.15) is 5.82 Å². The first-order chi connectivity index (χ1) is 7.29. The quantitative estimate of drug-likeness (QED) is 0.848. The topological polar surface area (TPSA) is 24.9 Å². The molecule has 0 spiro atoms. The van der Waals surface area contributed by atoms with Gasteiger partial charge in [0.15, 0.2) is 0 Å². The number of thioether (sulfide) groups is 1. The van der Waals surface area contributed by atoms with Gasteiger partial charge in [-0.05, 0) is 37.1 Å². The first-order valence-electron chi connectivity index (χ1n) is 5.55. The summed E-state index contributed by atoms with van der Waals surface area (Å²) < 4.78 is 0. The highest BCUT2D eigenvalue weighted by molar-refractivity contribution is 7.99. The molecule has 0 amide bonds. The Morgan fingerprint density at radius 1 is 1.47 bits per heavy atom. The summed E-state index contributed by atoms with van der Waals surface area (Å²) in [4.78, 5) is 4.64. The maximum absolute atomic E-state index is 4.64. The van der Waals surface area contributed by atoms with Crippen LogP contribution >= 0.6 is 11.8 Å². The van der Waals surface area contributed by atoms with Crippen LogP contribution in [0.2, 0.25) is 0 Å². The highest BCUT2D eigenvalue weighted by atomic mass is 32.2. The molecular formula is C12H18N2S. The first-order valence-corrected chi connectivity index (χ1v) is 6.84. The molecule has 3 heteroatoms. The van der Waals surface area contributed by atoms with Crippen LogP contribution in [-0.2, 0) is 12.8 Å². The second-order valence-corrected chi connectivity index (χ2v) is 5.36. The molecule has 82 valence electrons. The van der Waals surface area contributed by atoms with E-state index in [9.17, 15) is 0 Å². The Hall–Kier alpha value is -0.700. The summed E-state index contributed by atoms with van der Waals surface area (Å²) in [5, 5.41) is 4.03. The minimum atomic E-state index is 0.639. The van der Waals surface area contributed by atoms with E-state index < -0.39 is 0 Å². The number of hydrogen-bond donors (Lipinski definition) is 1. The summed E-state index contributed by atoms with van der Waals surface area (Å²) in [6.45, 7) is 3.22. The molecule has 0 saturated heterocycles. The van der Waals surface area contributed by atoms with E-state index in [-0.39, 0.29) is 0 Å². The van der Waals surface area contributed by atoms with Crippen molar-refractivity contribution >= 4 is 17.6 Å². The van der Waals surface area contributed by atoms with Gasteiger partial charge in [0, 0.05) is 17.5 Å². The summed E-state index contributed by atoms with van der Waals surface area (Å²) in [5.74, 6) is 1.04. The summed E-state index contributed by atoms with van der Waals surface area (Å²) in [5.41, 5.74) is 2.75. The maximum Gasteiger partial charge on any atom is 0.126 e. The molecule has 0 aliphatic heterocycles. The van der Waals surface area contributed by atoms with Crippen LogP contribution in [0.25, 0.3) is 0 Å². The van der Waals surface area contributed by atoms with Crippen molar-refractivity contribution in [3.05, 3.63) is 23.4 Å². The number of anilines is 1. The molecule has 1 aliphatic rings. The van der Waals surface area contributed by atoms with Crippen LogP contribution in [0.3, 0.4) is 0 Å². The zero-order valence-corrected chi connectivity index (χ0v) is 10.2. The molecule has 1 atom stereocenters. The minimum Gasteiger partial charge on any atom is -0.369 e. The molecule has 15 heavy (non-hydrogen) atoms. The summed E-state index contributed by atoms with van der Waals surface area (Å²) in [6, 6.07) is 4.33. The zero-order valence-electron chi connectivity index (χ0n) is 9.42. The van der Waals surface area contributed by atoms with Gasteiger partial charge in [-0.2, -0.15) is 11.8 Å². The van der Waals surface area contributed by atoms with Crippen LogP contribution in [0.15, 0.2) is 12.1 Å². The Balaban J connectivity index is 1.98. The van der Waals surface area contributed by atoms with Crippen molar-refractivity contribution < 1.29 is 0 Å². The highest BCUT2D eigenvalue weighted by Gasteiger charge is 2.12. The molecule has 1 aromatic heterocycles. The molecule has 0 bridgehead atoms.